The number of carbonyl (C=O) groups excluding carboxylic acids is 4. The molecule has 4 aromatic carbocycles. The number of nitrogens with one attached hydrogen (secondary N) is 1. The number of amides is 4. The molecule has 2 atom stereocenters. The molecule has 2 heterocycles. The Morgan fingerprint density at radius 2 is 1.70 bits per heavy atom. The average Bonchev–Trinajstić information content (AvgIpc) is 3.51. The maximum atomic E-state index is 13.9. The molecule has 2 aliphatic rings. The van der Waals surface area contributed by atoms with Gasteiger partial charge < -0.3 is 30.3 Å². The molecule has 6 rings (SSSR count). The topological polar surface area (TPSA) is 131 Å². The van der Waals surface area contributed by atoms with Crippen LogP contribution in [-0.4, -0.2) is 41.7 Å². The van der Waals surface area contributed by atoms with Crippen LogP contribution in [0.1, 0.15) is 69.3 Å². The van der Waals surface area contributed by atoms with Crippen LogP contribution in [0.25, 0.3) is 0 Å². The molecule has 4 aromatic rings. The van der Waals surface area contributed by atoms with Crippen LogP contribution in [0.5, 0.6) is 11.5 Å². The summed E-state index contributed by atoms with van der Waals surface area (Å²) in [4.78, 5) is 53.4. The van der Waals surface area contributed by atoms with E-state index in [2.05, 4.69) is 17.4 Å². The molecule has 0 fully saturated rings. The summed E-state index contributed by atoms with van der Waals surface area (Å²) < 4.78 is 11.9. The second-order valence-corrected chi connectivity index (χ2v) is 11.9. The fourth-order valence-electron chi connectivity index (χ4n) is 6.21. The number of rotatable bonds is 10. The summed E-state index contributed by atoms with van der Waals surface area (Å²) in [6.45, 7) is 4.70. The van der Waals surface area contributed by atoms with E-state index in [0.29, 0.717) is 47.1 Å². The third kappa shape index (κ3) is 6.40. The fraction of sp³-hybridized carbons (Fsp3) is 0.243. The second-order valence-electron chi connectivity index (χ2n) is 11.9. The number of primary amides is 1. The molecule has 0 radical (unpaired) electrons. The van der Waals surface area contributed by atoms with E-state index in [1.807, 2.05) is 68.4 Å². The standard InChI is InChI=1S/C37H36N4O6/c1-22(9-10-24-7-5-4-6-8-24)47-33-19-28(14-16-32(33)46-3)41-23(2)29-15-11-25(17-31(29)37(41)45)20-40-21-26-12-13-27(18-30(26)36(40)44)39-35(43)34(38)42/h4-8,11-19,22-23H,9-10,20-21H2,1-3H3,(H2,38,42)(H,39,43). The molecular formula is C37H36N4O6. The van der Waals surface area contributed by atoms with E-state index in [1.54, 1.807) is 35.1 Å². The van der Waals surface area contributed by atoms with Gasteiger partial charge in [0, 0.05) is 41.7 Å². The van der Waals surface area contributed by atoms with Crippen LogP contribution >= 0.6 is 0 Å². The first-order valence-electron chi connectivity index (χ1n) is 15.5. The lowest BCUT2D eigenvalue weighted by Crippen LogP contribution is -2.29. The zero-order chi connectivity index (χ0) is 33.2. The largest absolute Gasteiger partial charge is 0.493 e. The van der Waals surface area contributed by atoms with Crippen LogP contribution in [0, 0.1) is 0 Å². The number of nitrogens with two attached hydrogens (primary N) is 1. The monoisotopic (exact) mass is 632 g/mol. The van der Waals surface area contributed by atoms with Gasteiger partial charge in [0.05, 0.1) is 19.3 Å². The van der Waals surface area contributed by atoms with Crippen molar-refractivity contribution in [2.45, 2.75) is 51.9 Å². The molecule has 0 aliphatic carbocycles. The van der Waals surface area contributed by atoms with Crippen LogP contribution in [0.4, 0.5) is 11.4 Å². The molecule has 0 aromatic heterocycles. The summed E-state index contributed by atoms with van der Waals surface area (Å²) in [6, 6.07) is 26.3. The van der Waals surface area contributed by atoms with Crippen molar-refractivity contribution >= 4 is 35.0 Å². The summed E-state index contributed by atoms with van der Waals surface area (Å²) >= 11 is 0. The lowest BCUT2D eigenvalue weighted by atomic mass is 10.0. The van der Waals surface area contributed by atoms with Gasteiger partial charge in [0.25, 0.3) is 11.8 Å². The van der Waals surface area contributed by atoms with Crippen molar-refractivity contribution in [1.82, 2.24) is 4.90 Å². The summed E-state index contributed by atoms with van der Waals surface area (Å²) in [7, 11) is 1.60. The van der Waals surface area contributed by atoms with E-state index in [9.17, 15) is 19.2 Å². The van der Waals surface area contributed by atoms with Gasteiger partial charge in [-0.3, -0.25) is 19.2 Å². The molecular weight excluding hydrogens is 596 g/mol. The Morgan fingerprint density at radius 3 is 2.45 bits per heavy atom. The Labute approximate surface area is 273 Å². The minimum Gasteiger partial charge on any atom is -0.493 e. The predicted octanol–water partition coefficient (Wildman–Crippen LogP) is 5.40. The van der Waals surface area contributed by atoms with Crippen LogP contribution in [0.15, 0.2) is 84.9 Å². The maximum Gasteiger partial charge on any atom is 0.313 e. The number of anilines is 2. The summed E-state index contributed by atoms with van der Waals surface area (Å²) in [5.74, 6) is -1.23. The van der Waals surface area contributed by atoms with Crippen molar-refractivity contribution < 1.29 is 28.7 Å². The Bertz CT molecular complexity index is 1870. The van der Waals surface area contributed by atoms with E-state index in [1.165, 1.54) is 5.56 Å². The zero-order valence-electron chi connectivity index (χ0n) is 26.5. The smallest absolute Gasteiger partial charge is 0.313 e. The first-order valence-corrected chi connectivity index (χ1v) is 15.5. The molecule has 4 amide bonds. The van der Waals surface area contributed by atoms with Crippen LogP contribution in [0.3, 0.4) is 0 Å². The highest BCUT2D eigenvalue weighted by Gasteiger charge is 2.36. The van der Waals surface area contributed by atoms with E-state index < -0.39 is 11.8 Å². The molecule has 10 nitrogen and oxygen atoms in total. The Balaban J connectivity index is 1.16. The van der Waals surface area contributed by atoms with Crippen molar-refractivity contribution in [3.8, 4) is 11.5 Å². The van der Waals surface area contributed by atoms with Crippen molar-refractivity contribution in [2.75, 3.05) is 17.3 Å². The number of hydrogen-bond acceptors (Lipinski definition) is 6. The van der Waals surface area contributed by atoms with Crippen molar-refractivity contribution in [3.63, 3.8) is 0 Å². The van der Waals surface area contributed by atoms with E-state index in [-0.39, 0.29) is 24.0 Å². The van der Waals surface area contributed by atoms with Gasteiger partial charge in [-0.25, -0.2) is 0 Å². The van der Waals surface area contributed by atoms with E-state index in [4.69, 9.17) is 15.2 Å². The minimum atomic E-state index is -1.11. The normalized spacial score (nSPS) is 15.7. The molecule has 10 heteroatoms. The van der Waals surface area contributed by atoms with Gasteiger partial charge in [0.2, 0.25) is 0 Å². The molecule has 2 unspecified atom stereocenters. The van der Waals surface area contributed by atoms with Gasteiger partial charge in [0.1, 0.15) is 0 Å². The van der Waals surface area contributed by atoms with Gasteiger partial charge >= 0.3 is 11.8 Å². The van der Waals surface area contributed by atoms with Gasteiger partial charge in [-0.15, -0.1) is 0 Å². The van der Waals surface area contributed by atoms with Gasteiger partial charge in [0.15, 0.2) is 11.5 Å². The highest BCUT2D eigenvalue weighted by Crippen LogP contribution is 2.41. The SMILES string of the molecule is COc1ccc(N2C(=O)c3cc(CN4Cc5ccc(NC(=O)C(N)=O)cc5C4=O)ccc3C2C)cc1OC(C)CCc1ccccc1. The number of hydrogen-bond donors (Lipinski definition) is 2. The quantitative estimate of drug-likeness (QED) is 0.225. The molecule has 0 spiro atoms. The third-order valence-electron chi connectivity index (χ3n) is 8.68. The molecule has 3 N–H and O–H groups in total. The summed E-state index contributed by atoms with van der Waals surface area (Å²) in [6.07, 6.45) is 1.63. The van der Waals surface area contributed by atoms with Crippen molar-refractivity contribution in [1.29, 1.82) is 0 Å². The lowest BCUT2D eigenvalue weighted by molar-refractivity contribution is -0.134. The number of methoxy groups -OCH3 is 1. The first kappa shape index (κ1) is 31.3. The minimum absolute atomic E-state index is 0.0780. The molecule has 47 heavy (non-hydrogen) atoms. The average molecular weight is 633 g/mol. The molecule has 2 aliphatic heterocycles. The van der Waals surface area contributed by atoms with Crippen molar-refractivity contribution in [2.24, 2.45) is 5.73 Å². The molecule has 0 saturated carbocycles. The molecule has 240 valence electrons. The van der Waals surface area contributed by atoms with Gasteiger partial charge in [-0.1, -0.05) is 48.5 Å². The highest BCUT2D eigenvalue weighted by molar-refractivity contribution is 6.39. The Hall–Kier alpha value is -5.64. The first-order chi connectivity index (χ1) is 22.6. The zero-order valence-corrected chi connectivity index (χ0v) is 26.5. The van der Waals surface area contributed by atoms with Gasteiger partial charge in [-0.05, 0) is 79.3 Å². The Kier molecular flexibility index (Phi) is 8.67. The Morgan fingerprint density at radius 1 is 0.915 bits per heavy atom. The van der Waals surface area contributed by atoms with Gasteiger partial charge in [-0.2, -0.15) is 0 Å². The summed E-state index contributed by atoms with van der Waals surface area (Å²) in [5, 5.41) is 2.40. The lowest BCUT2D eigenvalue weighted by Gasteiger charge is -2.24. The highest BCUT2D eigenvalue weighted by atomic mass is 16.5. The number of aryl methyl sites for hydroxylation is 1. The number of carbonyl (C=O) groups is 4. The second kappa shape index (κ2) is 13.0. The number of benzene rings is 4. The number of nitrogens with zero attached hydrogens (tertiary/aromatic N) is 2. The van der Waals surface area contributed by atoms with E-state index >= 15 is 0 Å². The van der Waals surface area contributed by atoms with E-state index in [0.717, 1.165) is 29.5 Å². The van der Waals surface area contributed by atoms with Crippen molar-refractivity contribution in [3.05, 3.63) is 118 Å². The molecule has 0 saturated heterocycles. The molecule has 0 bridgehead atoms. The summed E-state index contributed by atoms with van der Waals surface area (Å²) in [5.41, 5.74) is 10.8. The van der Waals surface area contributed by atoms with Crippen LogP contribution in [-0.2, 0) is 29.1 Å². The predicted molar refractivity (Wildman–Crippen MR) is 177 cm³/mol. The maximum absolute atomic E-state index is 13.9. The van der Waals surface area contributed by atoms with Crippen LogP contribution in [0.2, 0.25) is 0 Å². The van der Waals surface area contributed by atoms with Crippen LogP contribution < -0.4 is 25.4 Å². The third-order valence-corrected chi connectivity index (χ3v) is 8.68. The number of fused-ring (bicyclic) bond motifs is 2. The fourth-order valence-corrected chi connectivity index (χ4v) is 6.21. The number of ether oxygens (including phenoxy) is 2.